The fourth-order valence-corrected chi connectivity index (χ4v) is 2.38. The molecule has 2 atom stereocenters. The Morgan fingerprint density at radius 2 is 1.85 bits per heavy atom. The Kier molecular flexibility index (Phi) is 2.86. The Bertz CT molecular complexity index is 164. The van der Waals surface area contributed by atoms with E-state index in [1.54, 1.807) is 0 Å². The van der Waals surface area contributed by atoms with Crippen molar-refractivity contribution in [2.24, 2.45) is 0 Å². The second kappa shape index (κ2) is 3.95. The van der Waals surface area contributed by atoms with Gasteiger partial charge in [0, 0.05) is 44.8 Å². The highest BCUT2D eigenvalue weighted by atomic mass is 15.3. The van der Waals surface area contributed by atoms with Gasteiger partial charge < -0.3 is 10.2 Å². The highest BCUT2D eigenvalue weighted by Gasteiger charge is 2.27. The van der Waals surface area contributed by atoms with Gasteiger partial charge in [-0.25, -0.2) is 0 Å². The summed E-state index contributed by atoms with van der Waals surface area (Å²) in [7, 11) is 2.22. The molecule has 0 spiro atoms. The highest BCUT2D eigenvalue weighted by molar-refractivity contribution is 4.87. The van der Waals surface area contributed by atoms with E-state index in [1.165, 1.54) is 39.1 Å². The molecule has 2 aliphatic rings. The maximum Gasteiger partial charge on any atom is 0.0236 e. The van der Waals surface area contributed by atoms with Gasteiger partial charge in [0.2, 0.25) is 0 Å². The molecule has 0 radical (unpaired) electrons. The molecule has 0 amide bonds. The summed E-state index contributed by atoms with van der Waals surface area (Å²) in [6, 6.07) is 1.54. The fraction of sp³-hybridized carbons (Fsp3) is 1.00. The Morgan fingerprint density at radius 1 is 1.15 bits per heavy atom. The van der Waals surface area contributed by atoms with Crippen LogP contribution in [-0.4, -0.2) is 61.7 Å². The third-order valence-electron chi connectivity index (χ3n) is 3.38. The number of rotatable bonds is 1. The lowest BCUT2D eigenvalue weighted by Gasteiger charge is -2.36. The van der Waals surface area contributed by atoms with E-state index in [1.807, 2.05) is 0 Å². The molecule has 3 heteroatoms. The van der Waals surface area contributed by atoms with Crippen molar-refractivity contribution in [1.82, 2.24) is 15.1 Å². The van der Waals surface area contributed by atoms with Crippen molar-refractivity contribution in [2.75, 3.05) is 39.8 Å². The number of nitrogens with one attached hydrogen (secondary N) is 1. The Hall–Kier alpha value is -0.120. The second-order valence-corrected chi connectivity index (χ2v) is 4.54. The largest absolute Gasteiger partial charge is 0.313 e. The molecule has 13 heavy (non-hydrogen) atoms. The summed E-state index contributed by atoms with van der Waals surface area (Å²) < 4.78 is 0. The third-order valence-corrected chi connectivity index (χ3v) is 3.38. The van der Waals surface area contributed by atoms with Gasteiger partial charge in [0.25, 0.3) is 0 Å². The molecule has 2 saturated heterocycles. The lowest BCUT2D eigenvalue weighted by molar-refractivity contribution is 0.118. The molecule has 2 fully saturated rings. The van der Waals surface area contributed by atoms with Gasteiger partial charge in [-0.1, -0.05) is 0 Å². The number of piperazine rings is 1. The van der Waals surface area contributed by atoms with E-state index in [-0.39, 0.29) is 0 Å². The standard InChI is InChI=1S/C10H21N3/c1-9-7-10(8-11-9)13-5-3-12(2)4-6-13/h9-11H,3-8H2,1-2H3/t9-,10-/m0/s1. The first-order chi connectivity index (χ1) is 6.25. The maximum atomic E-state index is 3.52. The Labute approximate surface area is 81.1 Å². The summed E-state index contributed by atoms with van der Waals surface area (Å²) in [6.07, 6.45) is 1.34. The molecule has 3 nitrogen and oxygen atoms in total. The van der Waals surface area contributed by atoms with E-state index >= 15 is 0 Å². The number of likely N-dealkylation sites (N-methyl/N-ethyl adjacent to an activating group) is 1. The first-order valence-electron chi connectivity index (χ1n) is 5.41. The van der Waals surface area contributed by atoms with Crippen molar-refractivity contribution in [2.45, 2.75) is 25.4 Å². The predicted octanol–water partition coefficient (Wildman–Crippen LogP) is -0.0158. The van der Waals surface area contributed by atoms with Gasteiger partial charge >= 0.3 is 0 Å². The lowest BCUT2D eigenvalue weighted by Crippen LogP contribution is -2.49. The van der Waals surface area contributed by atoms with Gasteiger partial charge in [0.1, 0.15) is 0 Å². The average molecular weight is 183 g/mol. The molecule has 0 aliphatic carbocycles. The Morgan fingerprint density at radius 3 is 2.38 bits per heavy atom. The van der Waals surface area contributed by atoms with Gasteiger partial charge in [-0.15, -0.1) is 0 Å². The van der Waals surface area contributed by atoms with Crippen LogP contribution in [0.5, 0.6) is 0 Å². The molecule has 1 N–H and O–H groups in total. The van der Waals surface area contributed by atoms with Crippen LogP contribution in [0.25, 0.3) is 0 Å². The summed E-state index contributed by atoms with van der Waals surface area (Å²) in [5.74, 6) is 0. The van der Waals surface area contributed by atoms with Crippen LogP contribution in [0.2, 0.25) is 0 Å². The van der Waals surface area contributed by atoms with Crippen molar-refractivity contribution < 1.29 is 0 Å². The molecule has 0 saturated carbocycles. The first-order valence-corrected chi connectivity index (χ1v) is 5.41. The summed E-state index contributed by atoms with van der Waals surface area (Å²) in [4.78, 5) is 5.07. The summed E-state index contributed by atoms with van der Waals surface area (Å²) in [6.45, 7) is 8.49. The van der Waals surface area contributed by atoms with Gasteiger partial charge in [0.05, 0.1) is 0 Å². The minimum Gasteiger partial charge on any atom is -0.313 e. The van der Waals surface area contributed by atoms with E-state index in [9.17, 15) is 0 Å². The molecular weight excluding hydrogens is 162 g/mol. The molecule has 2 heterocycles. The quantitative estimate of drug-likeness (QED) is 0.616. The zero-order chi connectivity index (χ0) is 9.26. The van der Waals surface area contributed by atoms with Gasteiger partial charge in [-0.2, -0.15) is 0 Å². The fourth-order valence-electron chi connectivity index (χ4n) is 2.38. The van der Waals surface area contributed by atoms with Crippen LogP contribution in [0.3, 0.4) is 0 Å². The number of hydrogen-bond donors (Lipinski definition) is 1. The van der Waals surface area contributed by atoms with Crippen LogP contribution in [0.15, 0.2) is 0 Å². The van der Waals surface area contributed by atoms with Crippen LogP contribution < -0.4 is 5.32 Å². The van der Waals surface area contributed by atoms with E-state index in [0.29, 0.717) is 0 Å². The van der Waals surface area contributed by atoms with E-state index < -0.39 is 0 Å². The molecule has 76 valence electrons. The monoisotopic (exact) mass is 183 g/mol. The van der Waals surface area contributed by atoms with Crippen molar-refractivity contribution in [3.8, 4) is 0 Å². The zero-order valence-electron chi connectivity index (χ0n) is 8.79. The van der Waals surface area contributed by atoms with Crippen molar-refractivity contribution >= 4 is 0 Å². The minimum absolute atomic E-state index is 0.727. The summed E-state index contributed by atoms with van der Waals surface area (Å²) in [5, 5.41) is 3.52. The molecule has 0 aromatic carbocycles. The van der Waals surface area contributed by atoms with Gasteiger partial charge in [0.15, 0.2) is 0 Å². The van der Waals surface area contributed by atoms with E-state index in [0.717, 1.165) is 12.1 Å². The molecule has 0 aromatic rings. The number of hydrogen-bond acceptors (Lipinski definition) is 3. The van der Waals surface area contributed by atoms with Crippen molar-refractivity contribution in [3.05, 3.63) is 0 Å². The molecule has 0 unspecified atom stereocenters. The molecule has 0 bridgehead atoms. The zero-order valence-corrected chi connectivity index (χ0v) is 8.79. The normalized spacial score (nSPS) is 38.3. The van der Waals surface area contributed by atoms with E-state index in [2.05, 4.69) is 29.1 Å². The molecule has 0 aromatic heterocycles. The number of nitrogens with zero attached hydrogens (tertiary/aromatic N) is 2. The maximum absolute atomic E-state index is 3.52. The molecule has 2 rings (SSSR count). The summed E-state index contributed by atoms with van der Waals surface area (Å²) in [5.41, 5.74) is 0. The van der Waals surface area contributed by atoms with Crippen LogP contribution >= 0.6 is 0 Å². The Balaban J connectivity index is 1.81. The van der Waals surface area contributed by atoms with Crippen LogP contribution in [0.4, 0.5) is 0 Å². The topological polar surface area (TPSA) is 18.5 Å². The summed E-state index contributed by atoms with van der Waals surface area (Å²) >= 11 is 0. The average Bonchev–Trinajstić information content (AvgIpc) is 2.53. The lowest BCUT2D eigenvalue weighted by atomic mass is 10.1. The highest BCUT2D eigenvalue weighted by Crippen LogP contribution is 2.14. The van der Waals surface area contributed by atoms with Crippen LogP contribution in [0, 0.1) is 0 Å². The van der Waals surface area contributed by atoms with Gasteiger partial charge in [-0.05, 0) is 20.4 Å². The third kappa shape index (κ3) is 2.22. The SMILES string of the molecule is C[C@H]1C[C@H](N2CCN(C)CC2)CN1. The predicted molar refractivity (Wildman–Crippen MR) is 54.9 cm³/mol. The smallest absolute Gasteiger partial charge is 0.0236 e. The second-order valence-electron chi connectivity index (χ2n) is 4.54. The van der Waals surface area contributed by atoms with Crippen LogP contribution in [0.1, 0.15) is 13.3 Å². The molecular formula is C10H21N3. The minimum atomic E-state index is 0.727. The first kappa shape index (κ1) is 9.44. The van der Waals surface area contributed by atoms with Gasteiger partial charge in [-0.3, -0.25) is 4.90 Å². The van der Waals surface area contributed by atoms with Crippen LogP contribution in [-0.2, 0) is 0 Å². The van der Waals surface area contributed by atoms with E-state index in [4.69, 9.17) is 0 Å². The molecule has 2 aliphatic heterocycles. The van der Waals surface area contributed by atoms with Crippen molar-refractivity contribution in [3.63, 3.8) is 0 Å². The van der Waals surface area contributed by atoms with Crippen molar-refractivity contribution in [1.29, 1.82) is 0 Å².